The first-order valence-electron chi connectivity index (χ1n) is 8.17. The minimum Gasteiger partial charge on any atom is -0.480 e. The number of carboxylic acids is 1. The van der Waals surface area contributed by atoms with Gasteiger partial charge in [-0.25, -0.2) is 14.5 Å². The molecule has 1 aromatic carbocycles. The van der Waals surface area contributed by atoms with Gasteiger partial charge >= 0.3 is 5.97 Å². The van der Waals surface area contributed by atoms with Crippen molar-refractivity contribution in [3.63, 3.8) is 0 Å². The van der Waals surface area contributed by atoms with Crippen LogP contribution in [0.5, 0.6) is 0 Å². The van der Waals surface area contributed by atoms with Gasteiger partial charge in [0.15, 0.2) is 0 Å². The second-order valence-corrected chi connectivity index (χ2v) is 5.80. The number of carbonyl (C=O) groups excluding carboxylic acids is 1. The predicted octanol–water partition coefficient (Wildman–Crippen LogP) is 1.91. The first-order chi connectivity index (χ1) is 11.6. The predicted molar refractivity (Wildman–Crippen MR) is 87.0 cm³/mol. The second kappa shape index (κ2) is 6.82. The normalized spacial score (nSPS) is 17.7. The summed E-state index contributed by atoms with van der Waals surface area (Å²) in [6.45, 7) is 2.37. The summed E-state index contributed by atoms with van der Waals surface area (Å²) in [6.07, 6.45) is 2.71. The van der Waals surface area contributed by atoms with Crippen molar-refractivity contribution in [1.29, 1.82) is 0 Å². The Morgan fingerprint density at radius 1 is 1.25 bits per heavy atom. The van der Waals surface area contributed by atoms with Crippen molar-refractivity contribution in [2.45, 2.75) is 38.6 Å². The molecule has 0 aliphatic carbocycles. The standard InChI is InChI=1S/C17H20N4O3/c1-2-14-18-15(19-21(14)12-8-4-3-5-9-12)16(22)20-11-7-6-10-13(20)17(23)24/h3-5,8-9,13H,2,6-7,10-11H2,1H3,(H,23,24). The van der Waals surface area contributed by atoms with E-state index in [0.717, 1.165) is 18.5 Å². The van der Waals surface area contributed by atoms with Crippen molar-refractivity contribution in [1.82, 2.24) is 19.7 Å². The molecule has 1 N–H and O–H groups in total. The van der Waals surface area contributed by atoms with Crippen molar-refractivity contribution >= 4 is 11.9 Å². The molecule has 0 bridgehead atoms. The van der Waals surface area contributed by atoms with E-state index in [0.29, 0.717) is 25.2 Å². The molecule has 1 fully saturated rings. The van der Waals surface area contributed by atoms with Gasteiger partial charge in [-0.3, -0.25) is 4.79 Å². The maximum absolute atomic E-state index is 12.8. The zero-order chi connectivity index (χ0) is 17.1. The first-order valence-corrected chi connectivity index (χ1v) is 8.17. The highest BCUT2D eigenvalue weighted by Gasteiger charge is 2.34. The number of piperidine rings is 1. The monoisotopic (exact) mass is 328 g/mol. The molecule has 1 amide bonds. The number of benzene rings is 1. The smallest absolute Gasteiger partial charge is 0.326 e. The minimum absolute atomic E-state index is 0.0591. The average molecular weight is 328 g/mol. The Morgan fingerprint density at radius 3 is 2.67 bits per heavy atom. The molecular weight excluding hydrogens is 308 g/mol. The van der Waals surface area contributed by atoms with E-state index in [1.807, 2.05) is 37.3 Å². The number of hydrogen-bond donors (Lipinski definition) is 1. The van der Waals surface area contributed by atoms with Gasteiger partial charge in [-0.1, -0.05) is 25.1 Å². The van der Waals surface area contributed by atoms with Gasteiger partial charge in [-0.2, -0.15) is 0 Å². The molecule has 0 radical (unpaired) electrons. The van der Waals surface area contributed by atoms with Crippen molar-refractivity contribution in [2.24, 2.45) is 0 Å². The van der Waals surface area contributed by atoms with Crippen LogP contribution in [0.1, 0.15) is 42.6 Å². The average Bonchev–Trinajstić information content (AvgIpc) is 3.06. The van der Waals surface area contributed by atoms with Crippen LogP contribution in [0, 0.1) is 0 Å². The Labute approximate surface area is 139 Å². The molecule has 7 heteroatoms. The molecule has 24 heavy (non-hydrogen) atoms. The van der Waals surface area contributed by atoms with Crippen molar-refractivity contribution in [2.75, 3.05) is 6.54 Å². The lowest BCUT2D eigenvalue weighted by molar-refractivity contribution is -0.143. The third-order valence-electron chi connectivity index (χ3n) is 4.23. The SMILES string of the molecule is CCc1nc(C(=O)N2CCCCC2C(=O)O)nn1-c1ccccc1. The van der Waals surface area contributed by atoms with Crippen LogP contribution >= 0.6 is 0 Å². The highest BCUT2D eigenvalue weighted by atomic mass is 16.4. The van der Waals surface area contributed by atoms with Crippen LogP contribution in [0.2, 0.25) is 0 Å². The molecular formula is C17H20N4O3. The number of para-hydroxylation sites is 1. The molecule has 2 heterocycles. The Hall–Kier alpha value is -2.70. The van der Waals surface area contributed by atoms with Crippen LogP contribution in [-0.2, 0) is 11.2 Å². The summed E-state index contributed by atoms with van der Waals surface area (Å²) in [4.78, 5) is 29.9. The maximum Gasteiger partial charge on any atom is 0.326 e. The molecule has 1 atom stereocenters. The number of carbonyl (C=O) groups is 2. The van der Waals surface area contributed by atoms with Crippen LogP contribution in [0.3, 0.4) is 0 Å². The van der Waals surface area contributed by atoms with E-state index in [9.17, 15) is 14.7 Å². The Bertz CT molecular complexity index is 742. The zero-order valence-corrected chi connectivity index (χ0v) is 13.6. The van der Waals surface area contributed by atoms with Crippen LogP contribution in [0.4, 0.5) is 0 Å². The Morgan fingerprint density at radius 2 is 2.00 bits per heavy atom. The van der Waals surface area contributed by atoms with Crippen LogP contribution < -0.4 is 0 Å². The van der Waals surface area contributed by atoms with Crippen molar-refractivity contribution in [3.05, 3.63) is 42.0 Å². The fourth-order valence-corrected chi connectivity index (χ4v) is 3.00. The molecule has 1 aliphatic heterocycles. The molecule has 0 spiro atoms. The van der Waals surface area contributed by atoms with Gasteiger partial charge in [0.2, 0.25) is 5.82 Å². The van der Waals surface area contributed by atoms with Gasteiger partial charge in [0.25, 0.3) is 5.91 Å². The number of likely N-dealkylation sites (tertiary alicyclic amines) is 1. The van der Waals surface area contributed by atoms with E-state index >= 15 is 0 Å². The number of hydrogen-bond acceptors (Lipinski definition) is 4. The summed E-state index contributed by atoms with van der Waals surface area (Å²) in [6, 6.07) is 8.68. The quantitative estimate of drug-likeness (QED) is 0.926. The van der Waals surface area contributed by atoms with E-state index < -0.39 is 17.9 Å². The molecule has 1 aliphatic rings. The fourth-order valence-electron chi connectivity index (χ4n) is 3.00. The van der Waals surface area contributed by atoms with Crippen LogP contribution in [0.25, 0.3) is 5.69 Å². The molecule has 1 aromatic heterocycles. The van der Waals surface area contributed by atoms with E-state index in [2.05, 4.69) is 10.1 Å². The van der Waals surface area contributed by atoms with Gasteiger partial charge in [0, 0.05) is 13.0 Å². The topological polar surface area (TPSA) is 88.3 Å². The first kappa shape index (κ1) is 16.2. The number of rotatable bonds is 4. The van der Waals surface area contributed by atoms with E-state index in [4.69, 9.17) is 0 Å². The summed E-state index contributed by atoms with van der Waals surface area (Å²) >= 11 is 0. The summed E-state index contributed by atoms with van der Waals surface area (Å²) in [5, 5.41) is 13.7. The van der Waals surface area contributed by atoms with E-state index in [1.165, 1.54) is 4.90 Å². The third-order valence-corrected chi connectivity index (χ3v) is 4.23. The van der Waals surface area contributed by atoms with Gasteiger partial charge in [0.05, 0.1) is 5.69 Å². The van der Waals surface area contributed by atoms with E-state index in [-0.39, 0.29) is 5.82 Å². The lowest BCUT2D eigenvalue weighted by Gasteiger charge is -2.31. The summed E-state index contributed by atoms with van der Waals surface area (Å²) in [7, 11) is 0. The zero-order valence-electron chi connectivity index (χ0n) is 13.6. The number of aryl methyl sites for hydroxylation is 1. The largest absolute Gasteiger partial charge is 0.480 e. The third kappa shape index (κ3) is 3.02. The van der Waals surface area contributed by atoms with Gasteiger partial charge in [0.1, 0.15) is 11.9 Å². The molecule has 1 unspecified atom stereocenters. The second-order valence-electron chi connectivity index (χ2n) is 5.80. The number of amides is 1. The number of aliphatic carboxylic acids is 1. The number of aromatic nitrogens is 3. The maximum atomic E-state index is 12.8. The highest BCUT2D eigenvalue weighted by molar-refractivity contribution is 5.93. The molecule has 1 saturated heterocycles. The van der Waals surface area contributed by atoms with Gasteiger partial charge in [-0.15, -0.1) is 5.10 Å². The molecule has 0 saturated carbocycles. The lowest BCUT2D eigenvalue weighted by atomic mass is 10.0. The minimum atomic E-state index is -0.971. The Balaban J connectivity index is 1.93. The van der Waals surface area contributed by atoms with Crippen LogP contribution in [-0.4, -0.2) is 49.2 Å². The highest BCUT2D eigenvalue weighted by Crippen LogP contribution is 2.20. The van der Waals surface area contributed by atoms with Crippen molar-refractivity contribution in [3.8, 4) is 5.69 Å². The number of nitrogens with zero attached hydrogens (tertiary/aromatic N) is 4. The summed E-state index contributed by atoms with van der Waals surface area (Å²) in [5.74, 6) is -0.648. The van der Waals surface area contributed by atoms with E-state index in [1.54, 1.807) is 4.68 Å². The summed E-state index contributed by atoms with van der Waals surface area (Å²) < 4.78 is 1.65. The lowest BCUT2D eigenvalue weighted by Crippen LogP contribution is -2.48. The fraction of sp³-hybridized carbons (Fsp3) is 0.412. The summed E-state index contributed by atoms with van der Waals surface area (Å²) in [5.41, 5.74) is 0.828. The molecule has 3 rings (SSSR count). The number of carboxylic acid groups (broad SMARTS) is 1. The van der Waals surface area contributed by atoms with Crippen LogP contribution in [0.15, 0.2) is 30.3 Å². The van der Waals surface area contributed by atoms with Gasteiger partial charge < -0.3 is 10.0 Å². The molecule has 2 aromatic rings. The Kier molecular flexibility index (Phi) is 4.59. The molecule has 7 nitrogen and oxygen atoms in total. The molecule has 126 valence electrons. The van der Waals surface area contributed by atoms with Crippen molar-refractivity contribution < 1.29 is 14.7 Å². The van der Waals surface area contributed by atoms with Gasteiger partial charge in [-0.05, 0) is 31.4 Å².